The van der Waals surface area contributed by atoms with E-state index >= 15 is 0 Å². The number of benzene rings is 1. The van der Waals surface area contributed by atoms with Crippen LogP contribution in [-0.2, 0) is 6.42 Å². The summed E-state index contributed by atoms with van der Waals surface area (Å²) in [5.74, 6) is -0.899. The number of aryl methyl sites for hydroxylation is 1. The molecule has 84 valence electrons. The molecule has 0 aliphatic heterocycles. The highest BCUT2D eigenvalue weighted by Gasteiger charge is 2.16. The Balaban J connectivity index is 3.21. The molecule has 1 rings (SSSR count). The molecule has 0 heterocycles. The smallest absolute Gasteiger partial charge is 0.194 e. The quantitative estimate of drug-likeness (QED) is 0.804. The molecule has 1 atom stereocenters. The third-order valence-corrected chi connectivity index (χ3v) is 2.20. The Morgan fingerprint density at radius 2 is 2.20 bits per heavy atom. The van der Waals surface area contributed by atoms with Gasteiger partial charge in [-0.15, -0.1) is 0 Å². The molecule has 4 heteroatoms. The Bertz CT molecular complexity index is 364. The SMILES string of the molecule is COc1c(C)cc(CC(C)N)c(F)c1O. The summed E-state index contributed by atoms with van der Waals surface area (Å²) in [6, 6.07) is 1.50. The second kappa shape index (κ2) is 4.49. The van der Waals surface area contributed by atoms with E-state index in [-0.39, 0.29) is 11.8 Å². The monoisotopic (exact) mass is 213 g/mol. The predicted octanol–water partition coefficient (Wildman–Crippen LogP) is 1.74. The van der Waals surface area contributed by atoms with Crippen LogP contribution in [0.4, 0.5) is 4.39 Å². The molecule has 3 nitrogen and oxygen atoms in total. The minimum atomic E-state index is -0.644. The number of phenols is 1. The van der Waals surface area contributed by atoms with E-state index in [2.05, 4.69) is 0 Å². The van der Waals surface area contributed by atoms with Gasteiger partial charge < -0.3 is 15.6 Å². The van der Waals surface area contributed by atoms with E-state index in [4.69, 9.17) is 10.5 Å². The molecule has 1 unspecified atom stereocenters. The van der Waals surface area contributed by atoms with Crippen molar-refractivity contribution >= 4 is 0 Å². The highest BCUT2D eigenvalue weighted by atomic mass is 19.1. The Labute approximate surface area is 88.7 Å². The lowest BCUT2D eigenvalue weighted by atomic mass is 10.0. The van der Waals surface area contributed by atoms with E-state index in [9.17, 15) is 9.50 Å². The maximum atomic E-state index is 13.6. The molecule has 0 bridgehead atoms. The number of methoxy groups -OCH3 is 1. The predicted molar refractivity (Wildman–Crippen MR) is 56.7 cm³/mol. The van der Waals surface area contributed by atoms with Crippen molar-refractivity contribution in [2.45, 2.75) is 26.3 Å². The van der Waals surface area contributed by atoms with Gasteiger partial charge in [0.15, 0.2) is 17.3 Å². The first kappa shape index (κ1) is 11.8. The molecule has 0 saturated carbocycles. The molecule has 0 spiro atoms. The summed E-state index contributed by atoms with van der Waals surface area (Å²) >= 11 is 0. The highest BCUT2D eigenvalue weighted by Crippen LogP contribution is 2.34. The van der Waals surface area contributed by atoms with Gasteiger partial charge in [0, 0.05) is 6.04 Å². The average molecular weight is 213 g/mol. The molecular weight excluding hydrogens is 197 g/mol. The van der Waals surface area contributed by atoms with E-state index < -0.39 is 11.6 Å². The van der Waals surface area contributed by atoms with Crippen molar-refractivity contribution in [2.24, 2.45) is 5.73 Å². The third-order valence-electron chi connectivity index (χ3n) is 2.20. The average Bonchev–Trinajstić information content (AvgIpc) is 2.14. The van der Waals surface area contributed by atoms with Crippen molar-refractivity contribution in [2.75, 3.05) is 7.11 Å². The van der Waals surface area contributed by atoms with E-state index in [0.29, 0.717) is 17.5 Å². The first-order valence-corrected chi connectivity index (χ1v) is 4.77. The van der Waals surface area contributed by atoms with Crippen molar-refractivity contribution in [3.8, 4) is 11.5 Å². The lowest BCUT2D eigenvalue weighted by Gasteiger charge is -2.13. The fourth-order valence-corrected chi connectivity index (χ4v) is 1.58. The number of phenolic OH excluding ortho intramolecular Hbond substituents is 1. The normalized spacial score (nSPS) is 12.6. The molecule has 1 aromatic carbocycles. The zero-order valence-electron chi connectivity index (χ0n) is 9.17. The first-order valence-electron chi connectivity index (χ1n) is 4.77. The van der Waals surface area contributed by atoms with Crippen LogP contribution in [0.5, 0.6) is 11.5 Å². The Kier molecular flexibility index (Phi) is 3.52. The van der Waals surface area contributed by atoms with Gasteiger partial charge in [0.2, 0.25) is 0 Å². The van der Waals surface area contributed by atoms with Crippen LogP contribution >= 0.6 is 0 Å². The maximum Gasteiger partial charge on any atom is 0.194 e. The number of hydrogen-bond acceptors (Lipinski definition) is 3. The first-order chi connectivity index (χ1) is 6.97. The lowest BCUT2D eigenvalue weighted by molar-refractivity contribution is 0.352. The van der Waals surface area contributed by atoms with E-state index in [1.807, 2.05) is 0 Å². The summed E-state index contributed by atoms with van der Waals surface area (Å²) in [7, 11) is 1.40. The highest BCUT2D eigenvalue weighted by molar-refractivity contribution is 5.49. The summed E-state index contributed by atoms with van der Waals surface area (Å²) in [5, 5.41) is 9.53. The fraction of sp³-hybridized carbons (Fsp3) is 0.455. The van der Waals surface area contributed by atoms with Gasteiger partial charge in [-0.05, 0) is 37.5 Å². The number of aromatic hydroxyl groups is 1. The molecule has 0 aromatic heterocycles. The number of halogens is 1. The van der Waals surface area contributed by atoms with E-state index in [0.717, 1.165) is 0 Å². The van der Waals surface area contributed by atoms with Crippen molar-refractivity contribution in [1.29, 1.82) is 0 Å². The van der Waals surface area contributed by atoms with Crippen LogP contribution in [0.2, 0.25) is 0 Å². The minimum Gasteiger partial charge on any atom is -0.502 e. The molecule has 0 amide bonds. The standard InChI is InChI=1S/C11H16FNO2/c1-6-4-8(5-7(2)13)9(12)10(14)11(6)15-3/h4,7,14H,5,13H2,1-3H3. The lowest BCUT2D eigenvalue weighted by Crippen LogP contribution is -2.18. The largest absolute Gasteiger partial charge is 0.502 e. The van der Waals surface area contributed by atoms with Gasteiger partial charge in [0.1, 0.15) is 0 Å². The molecule has 1 aromatic rings. The summed E-state index contributed by atoms with van der Waals surface area (Å²) in [4.78, 5) is 0. The molecule has 0 aliphatic rings. The van der Waals surface area contributed by atoms with Gasteiger partial charge >= 0.3 is 0 Å². The van der Waals surface area contributed by atoms with Crippen LogP contribution < -0.4 is 10.5 Å². The molecule has 0 radical (unpaired) electrons. The number of hydrogen-bond donors (Lipinski definition) is 2. The fourth-order valence-electron chi connectivity index (χ4n) is 1.58. The van der Waals surface area contributed by atoms with Crippen LogP contribution in [0.1, 0.15) is 18.1 Å². The van der Waals surface area contributed by atoms with Gasteiger partial charge in [-0.25, -0.2) is 4.39 Å². The Morgan fingerprint density at radius 1 is 1.60 bits per heavy atom. The molecule has 3 N–H and O–H groups in total. The molecule has 15 heavy (non-hydrogen) atoms. The van der Waals surface area contributed by atoms with Crippen molar-refractivity contribution < 1.29 is 14.2 Å². The van der Waals surface area contributed by atoms with Crippen molar-refractivity contribution in [3.05, 3.63) is 23.0 Å². The van der Waals surface area contributed by atoms with E-state index in [1.165, 1.54) is 7.11 Å². The zero-order chi connectivity index (χ0) is 11.6. The van der Waals surface area contributed by atoms with Gasteiger partial charge in [-0.1, -0.05) is 0 Å². The van der Waals surface area contributed by atoms with Gasteiger partial charge in [0.05, 0.1) is 7.11 Å². The zero-order valence-corrected chi connectivity index (χ0v) is 9.17. The van der Waals surface area contributed by atoms with Crippen molar-refractivity contribution in [3.63, 3.8) is 0 Å². The van der Waals surface area contributed by atoms with Gasteiger partial charge in [-0.2, -0.15) is 0 Å². The second-order valence-corrected chi connectivity index (χ2v) is 3.73. The summed E-state index contributed by atoms with van der Waals surface area (Å²) in [6.45, 7) is 3.54. The summed E-state index contributed by atoms with van der Waals surface area (Å²) in [6.07, 6.45) is 0.393. The summed E-state index contributed by atoms with van der Waals surface area (Å²) < 4.78 is 18.5. The maximum absolute atomic E-state index is 13.6. The van der Waals surface area contributed by atoms with Gasteiger partial charge in [-0.3, -0.25) is 0 Å². The van der Waals surface area contributed by atoms with Crippen LogP contribution in [-0.4, -0.2) is 18.3 Å². The van der Waals surface area contributed by atoms with Crippen LogP contribution in [0.3, 0.4) is 0 Å². The summed E-state index contributed by atoms with van der Waals surface area (Å²) in [5.41, 5.74) is 6.70. The second-order valence-electron chi connectivity index (χ2n) is 3.73. The van der Waals surface area contributed by atoms with Crippen LogP contribution in [0, 0.1) is 12.7 Å². The van der Waals surface area contributed by atoms with Crippen molar-refractivity contribution in [1.82, 2.24) is 0 Å². The van der Waals surface area contributed by atoms with E-state index in [1.54, 1.807) is 19.9 Å². The Morgan fingerprint density at radius 3 is 2.67 bits per heavy atom. The topological polar surface area (TPSA) is 55.5 Å². The molecule has 0 fully saturated rings. The third kappa shape index (κ3) is 2.39. The van der Waals surface area contributed by atoms with Crippen LogP contribution in [0.15, 0.2) is 6.07 Å². The number of rotatable bonds is 3. The van der Waals surface area contributed by atoms with Crippen LogP contribution in [0.25, 0.3) is 0 Å². The number of ether oxygens (including phenoxy) is 1. The number of nitrogens with two attached hydrogens (primary N) is 1. The minimum absolute atomic E-state index is 0.147. The molecule has 0 saturated heterocycles. The van der Waals surface area contributed by atoms with Gasteiger partial charge in [0.25, 0.3) is 0 Å². The molecular formula is C11H16FNO2. The molecule has 0 aliphatic carbocycles. The Hall–Kier alpha value is -1.29.